The number of hydrogen-bond donors (Lipinski definition) is 1. The molecule has 2 nitrogen and oxygen atoms in total. The van der Waals surface area contributed by atoms with Crippen molar-refractivity contribution in [2.45, 2.75) is 25.7 Å². The van der Waals surface area contributed by atoms with Gasteiger partial charge in [-0.2, -0.15) is 13.2 Å². The van der Waals surface area contributed by atoms with Crippen LogP contribution >= 0.6 is 11.6 Å². The first-order valence-corrected chi connectivity index (χ1v) is 7.66. The number of fused-ring (bicyclic) bond motifs is 1. The highest BCUT2D eigenvalue weighted by Gasteiger charge is 2.31. The van der Waals surface area contributed by atoms with Crippen LogP contribution < -0.4 is 5.73 Å². The third-order valence-electron chi connectivity index (χ3n) is 4.10. The second kappa shape index (κ2) is 6.06. The Bertz CT molecular complexity index is 728. The molecular formula is C17H16ClF3N2. The highest BCUT2D eigenvalue weighted by atomic mass is 35.5. The Morgan fingerprint density at radius 2 is 1.87 bits per heavy atom. The number of halogens is 4. The summed E-state index contributed by atoms with van der Waals surface area (Å²) in [4.78, 5) is 2.17. The molecular weight excluding hydrogens is 325 g/mol. The molecule has 0 amide bonds. The molecule has 23 heavy (non-hydrogen) atoms. The SMILES string of the molecule is Nc1ccc(CN2CCc3cc(C(F)(F)F)ccc3C2)c(Cl)c1. The third kappa shape index (κ3) is 3.62. The number of hydrogen-bond acceptors (Lipinski definition) is 2. The van der Waals surface area contributed by atoms with E-state index in [0.29, 0.717) is 36.8 Å². The molecule has 0 saturated carbocycles. The Morgan fingerprint density at radius 1 is 1.09 bits per heavy atom. The fourth-order valence-electron chi connectivity index (χ4n) is 2.86. The molecule has 2 aromatic rings. The van der Waals surface area contributed by atoms with Crippen LogP contribution in [0.15, 0.2) is 36.4 Å². The molecule has 0 radical (unpaired) electrons. The van der Waals surface area contributed by atoms with Crippen LogP contribution in [-0.2, 0) is 25.7 Å². The van der Waals surface area contributed by atoms with Gasteiger partial charge in [0.15, 0.2) is 0 Å². The Balaban J connectivity index is 1.75. The summed E-state index contributed by atoms with van der Waals surface area (Å²) in [6.07, 6.45) is -3.69. The third-order valence-corrected chi connectivity index (χ3v) is 4.45. The molecule has 1 heterocycles. The second-order valence-corrected chi connectivity index (χ2v) is 6.20. The first-order chi connectivity index (χ1) is 10.8. The molecule has 1 aliphatic heterocycles. The van der Waals surface area contributed by atoms with Crippen molar-refractivity contribution in [3.05, 3.63) is 63.7 Å². The Morgan fingerprint density at radius 3 is 2.57 bits per heavy atom. The summed E-state index contributed by atoms with van der Waals surface area (Å²) in [5.74, 6) is 0. The number of anilines is 1. The van der Waals surface area contributed by atoms with E-state index in [1.54, 1.807) is 18.2 Å². The summed E-state index contributed by atoms with van der Waals surface area (Å²) < 4.78 is 38.3. The summed E-state index contributed by atoms with van der Waals surface area (Å²) in [5, 5.41) is 0.614. The Labute approximate surface area is 137 Å². The van der Waals surface area contributed by atoms with Gasteiger partial charge in [-0.25, -0.2) is 0 Å². The molecule has 0 saturated heterocycles. The minimum absolute atomic E-state index is 0.578. The van der Waals surface area contributed by atoms with Crippen molar-refractivity contribution in [1.82, 2.24) is 4.90 Å². The monoisotopic (exact) mass is 340 g/mol. The summed E-state index contributed by atoms with van der Waals surface area (Å²) in [6.45, 7) is 1.97. The van der Waals surface area contributed by atoms with Crippen molar-refractivity contribution >= 4 is 17.3 Å². The number of nitrogens with zero attached hydrogens (tertiary/aromatic N) is 1. The maximum absolute atomic E-state index is 12.8. The van der Waals surface area contributed by atoms with E-state index in [1.807, 2.05) is 6.07 Å². The van der Waals surface area contributed by atoms with E-state index in [0.717, 1.165) is 22.8 Å². The number of alkyl halides is 3. The van der Waals surface area contributed by atoms with Gasteiger partial charge in [0.05, 0.1) is 5.56 Å². The summed E-state index contributed by atoms with van der Waals surface area (Å²) in [6, 6.07) is 9.40. The van der Waals surface area contributed by atoms with Gasteiger partial charge in [-0.1, -0.05) is 23.7 Å². The molecule has 0 atom stereocenters. The molecule has 1 aliphatic rings. The molecule has 0 aliphatic carbocycles. The average Bonchev–Trinajstić information content (AvgIpc) is 2.48. The van der Waals surface area contributed by atoms with Gasteiger partial charge in [0.2, 0.25) is 0 Å². The molecule has 0 spiro atoms. The normalized spacial score (nSPS) is 15.5. The highest BCUT2D eigenvalue weighted by molar-refractivity contribution is 6.31. The van der Waals surface area contributed by atoms with Gasteiger partial charge in [-0.15, -0.1) is 0 Å². The fraction of sp³-hybridized carbons (Fsp3) is 0.294. The Kier molecular flexibility index (Phi) is 4.25. The maximum atomic E-state index is 12.8. The van der Waals surface area contributed by atoms with Crippen LogP contribution in [0, 0.1) is 0 Å². The molecule has 6 heteroatoms. The predicted octanol–water partition coefficient (Wildman–Crippen LogP) is 4.50. The van der Waals surface area contributed by atoms with E-state index < -0.39 is 11.7 Å². The van der Waals surface area contributed by atoms with Gasteiger partial charge in [-0.05, 0) is 47.4 Å². The average molecular weight is 341 g/mol. The highest BCUT2D eigenvalue weighted by Crippen LogP contribution is 2.32. The minimum atomic E-state index is -4.29. The van der Waals surface area contributed by atoms with Crippen molar-refractivity contribution in [3.8, 4) is 0 Å². The lowest BCUT2D eigenvalue weighted by Gasteiger charge is -2.29. The van der Waals surface area contributed by atoms with E-state index in [1.165, 1.54) is 6.07 Å². The summed E-state index contributed by atoms with van der Waals surface area (Å²) in [7, 11) is 0. The van der Waals surface area contributed by atoms with E-state index >= 15 is 0 Å². The van der Waals surface area contributed by atoms with Crippen molar-refractivity contribution in [2.75, 3.05) is 12.3 Å². The predicted molar refractivity (Wildman–Crippen MR) is 85.1 cm³/mol. The van der Waals surface area contributed by atoms with Crippen molar-refractivity contribution < 1.29 is 13.2 Å². The lowest BCUT2D eigenvalue weighted by atomic mass is 9.96. The number of nitrogen functional groups attached to an aromatic ring is 1. The molecule has 2 aromatic carbocycles. The topological polar surface area (TPSA) is 29.3 Å². The molecule has 0 unspecified atom stereocenters. The lowest BCUT2D eigenvalue weighted by Crippen LogP contribution is -2.30. The molecule has 0 bridgehead atoms. The zero-order chi connectivity index (χ0) is 16.6. The first-order valence-electron chi connectivity index (χ1n) is 7.28. The van der Waals surface area contributed by atoms with Crippen molar-refractivity contribution in [2.24, 2.45) is 0 Å². The van der Waals surface area contributed by atoms with Crippen molar-refractivity contribution in [3.63, 3.8) is 0 Å². The Hall–Kier alpha value is -1.72. The first kappa shape index (κ1) is 16.1. The number of nitrogens with two attached hydrogens (primary N) is 1. The zero-order valence-corrected chi connectivity index (χ0v) is 13.1. The van der Waals surface area contributed by atoms with Crippen LogP contribution in [0.4, 0.5) is 18.9 Å². The molecule has 122 valence electrons. The van der Waals surface area contributed by atoms with Gasteiger partial charge in [-0.3, -0.25) is 4.90 Å². The van der Waals surface area contributed by atoms with Crippen LogP contribution in [-0.4, -0.2) is 11.4 Å². The van der Waals surface area contributed by atoms with E-state index in [9.17, 15) is 13.2 Å². The van der Waals surface area contributed by atoms with Gasteiger partial charge in [0.1, 0.15) is 0 Å². The summed E-state index contributed by atoms with van der Waals surface area (Å²) in [5.41, 5.74) is 8.41. The van der Waals surface area contributed by atoms with E-state index in [2.05, 4.69) is 4.90 Å². The minimum Gasteiger partial charge on any atom is -0.399 e. The van der Waals surface area contributed by atoms with Crippen LogP contribution in [0.2, 0.25) is 5.02 Å². The molecule has 0 fully saturated rings. The summed E-state index contributed by atoms with van der Waals surface area (Å²) >= 11 is 6.19. The van der Waals surface area contributed by atoms with Crippen LogP contribution in [0.5, 0.6) is 0 Å². The quantitative estimate of drug-likeness (QED) is 0.816. The van der Waals surface area contributed by atoms with Gasteiger partial charge in [0.25, 0.3) is 0 Å². The largest absolute Gasteiger partial charge is 0.416 e. The van der Waals surface area contributed by atoms with Gasteiger partial charge >= 0.3 is 6.18 Å². The second-order valence-electron chi connectivity index (χ2n) is 5.79. The fourth-order valence-corrected chi connectivity index (χ4v) is 3.10. The van der Waals surface area contributed by atoms with Gasteiger partial charge in [0, 0.05) is 30.3 Å². The van der Waals surface area contributed by atoms with E-state index in [4.69, 9.17) is 17.3 Å². The molecule has 0 aromatic heterocycles. The van der Waals surface area contributed by atoms with Crippen molar-refractivity contribution in [1.29, 1.82) is 0 Å². The molecule has 2 N–H and O–H groups in total. The smallest absolute Gasteiger partial charge is 0.399 e. The molecule has 3 rings (SSSR count). The van der Waals surface area contributed by atoms with Crippen LogP contribution in [0.25, 0.3) is 0 Å². The van der Waals surface area contributed by atoms with Crippen LogP contribution in [0.1, 0.15) is 22.3 Å². The standard InChI is InChI=1S/C17H16ClF3N2/c18-16-8-15(22)4-2-13(16)10-23-6-5-11-7-14(17(19,20)21)3-1-12(11)9-23/h1-4,7-8H,5-6,9-10,22H2. The van der Waals surface area contributed by atoms with E-state index in [-0.39, 0.29) is 0 Å². The number of benzene rings is 2. The number of rotatable bonds is 2. The maximum Gasteiger partial charge on any atom is 0.416 e. The zero-order valence-electron chi connectivity index (χ0n) is 12.3. The lowest BCUT2D eigenvalue weighted by molar-refractivity contribution is -0.137. The van der Waals surface area contributed by atoms with Gasteiger partial charge < -0.3 is 5.73 Å². The van der Waals surface area contributed by atoms with Crippen LogP contribution in [0.3, 0.4) is 0 Å².